The van der Waals surface area contributed by atoms with Crippen LogP contribution in [-0.2, 0) is 11.0 Å². The first-order valence-corrected chi connectivity index (χ1v) is 9.54. The Hall–Kier alpha value is -2.34. The fraction of sp³-hybridized carbons (Fsp3) is 0.632. The van der Waals surface area contributed by atoms with Crippen molar-refractivity contribution in [1.82, 2.24) is 15.2 Å². The van der Waals surface area contributed by atoms with E-state index in [-0.39, 0.29) is 12.5 Å². The van der Waals surface area contributed by atoms with Crippen molar-refractivity contribution in [3.63, 3.8) is 0 Å². The lowest BCUT2D eigenvalue weighted by atomic mass is 9.83. The van der Waals surface area contributed by atoms with Crippen molar-refractivity contribution in [1.29, 1.82) is 5.26 Å². The fourth-order valence-corrected chi connectivity index (χ4v) is 3.81. The van der Waals surface area contributed by atoms with E-state index < -0.39 is 17.3 Å². The highest BCUT2D eigenvalue weighted by Crippen LogP contribution is 2.30. The molecule has 2 fully saturated rings. The lowest BCUT2D eigenvalue weighted by molar-refractivity contribution is -0.137. The number of carbonyl (C=O) groups excluding carboxylic acids is 1. The van der Waals surface area contributed by atoms with Crippen LogP contribution in [0.4, 0.5) is 19.0 Å². The zero-order valence-electron chi connectivity index (χ0n) is 15.6. The van der Waals surface area contributed by atoms with Gasteiger partial charge in [0.2, 0.25) is 5.91 Å². The van der Waals surface area contributed by atoms with Crippen LogP contribution in [-0.4, -0.2) is 54.1 Å². The molecule has 0 atom stereocenters. The van der Waals surface area contributed by atoms with Gasteiger partial charge < -0.3 is 10.2 Å². The number of alkyl halides is 3. The number of hydrogen-bond acceptors (Lipinski definition) is 5. The molecular formula is C19H24F3N5O. The Morgan fingerprint density at radius 2 is 1.86 bits per heavy atom. The van der Waals surface area contributed by atoms with Crippen molar-refractivity contribution in [3.05, 3.63) is 23.9 Å². The number of hydrogen-bond donors (Lipinski definition) is 1. The summed E-state index contributed by atoms with van der Waals surface area (Å²) in [5.74, 6) is 0.354. The highest BCUT2D eigenvalue weighted by molar-refractivity contribution is 5.79. The first-order valence-electron chi connectivity index (χ1n) is 9.54. The molecule has 1 aliphatic carbocycles. The minimum atomic E-state index is -4.39. The minimum Gasteiger partial charge on any atom is -0.354 e. The SMILES string of the molecule is N#CC1(NC(=O)CN2CCN(c3ccc(C(F)(F)F)cn3)CC2)CCCCC1. The maximum atomic E-state index is 12.6. The molecule has 0 radical (unpaired) electrons. The van der Waals surface area contributed by atoms with Gasteiger partial charge in [-0.15, -0.1) is 0 Å². The number of halogens is 3. The maximum absolute atomic E-state index is 12.6. The Labute approximate surface area is 162 Å². The van der Waals surface area contributed by atoms with Crippen LogP contribution in [0.3, 0.4) is 0 Å². The van der Waals surface area contributed by atoms with Crippen molar-refractivity contribution in [2.24, 2.45) is 0 Å². The van der Waals surface area contributed by atoms with Crippen molar-refractivity contribution in [2.45, 2.75) is 43.8 Å². The third kappa shape index (κ3) is 4.93. The number of nitrogens with one attached hydrogen (secondary N) is 1. The highest BCUT2D eigenvalue weighted by Gasteiger charge is 2.34. The van der Waals surface area contributed by atoms with Crippen molar-refractivity contribution >= 4 is 11.7 Å². The van der Waals surface area contributed by atoms with E-state index >= 15 is 0 Å². The smallest absolute Gasteiger partial charge is 0.354 e. The molecule has 1 amide bonds. The number of pyridine rings is 1. The Kier molecular flexibility index (Phi) is 6.08. The second kappa shape index (κ2) is 8.35. The van der Waals surface area contributed by atoms with Crippen LogP contribution >= 0.6 is 0 Å². The highest BCUT2D eigenvalue weighted by atomic mass is 19.4. The first-order chi connectivity index (χ1) is 13.3. The van der Waals surface area contributed by atoms with Crippen molar-refractivity contribution < 1.29 is 18.0 Å². The normalized spacial score (nSPS) is 20.4. The van der Waals surface area contributed by atoms with E-state index in [1.807, 2.05) is 9.80 Å². The zero-order chi connectivity index (χ0) is 20.2. The van der Waals surface area contributed by atoms with Crippen LogP contribution < -0.4 is 10.2 Å². The second-order valence-corrected chi connectivity index (χ2v) is 7.47. The second-order valence-electron chi connectivity index (χ2n) is 7.47. The molecule has 1 aliphatic heterocycles. The Morgan fingerprint density at radius 3 is 2.39 bits per heavy atom. The molecule has 6 nitrogen and oxygen atoms in total. The van der Waals surface area contributed by atoms with Crippen LogP contribution in [0.5, 0.6) is 0 Å². The monoisotopic (exact) mass is 395 g/mol. The van der Waals surface area contributed by atoms with Crippen LogP contribution in [0, 0.1) is 11.3 Å². The average molecular weight is 395 g/mol. The van der Waals surface area contributed by atoms with E-state index in [9.17, 15) is 23.2 Å². The topological polar surface area (TPSA) is 72.3 Å². The molecule has 1 N–H and O–H groups in total. The molecule has 3 rings (SSSR count). The quantitative estimate of drug-likeness (QED) is 0.848. The van der Waals surface area contributed by atoms with E-state index in [0.29, 0.717) is 44.8 Å². The molecule has 0 unspecified atom stereocenters. The molecular weight excluding hydrogens is 371 g/mol. The van der Waals surface area contributed by atoms with E-state index in [1.165, 1.54) is 6.07 Å². The van der Waals surface area contributed by atoms with Gasteiger partial charge in [-0.1, -0.05) is 19.3 Å². The number of rotatable bonds is 4. The van der Waals surface area contributed by atoms with Crippen LogP contribution in [0.25, 0.3) is 0 Å². The van der Waals surface area contributed by atoms with Crippen LogP contribution in [0.15, 0.2) is 18.3 Å². The van der Waals surface area contributed by atoms with Crippen molar-refractivity contribution in [3.8, 4) is 6.07 Å². The summed E-state index contributed by atoms with van der Waals surface area (Å²) in [5, 5.41) is 12.4. The summed E-state index contributed by atoms with van der Waals surface area (Å²) >= 11 is 0. The molecule has 9 heteroatoms. The van der Waals surface area contributed by atoms with Crippen LogP contribution in [0.2, 0.25) is 0 Å². The Morgan fingerprint density at radius 1 is 1.18 bits per heavy atom. The largest absolute Gasteiger partial charge is 0.417 e. The standard InChI is InChI=1S/C19H24F3N5O/c20-19(21,22)15-4-5-16(24-12-15)27-10-8-26(9-11-27)13-17(28)25-18(14-23)6-2-1-3-7-18/h4-5,12H,1-3,6-11,13H2,(H,25,28). The summed E-state index contributed by atoms with van der Waals surface area (Å²) < 4.78 is 37.9. The van der Waals surface area contributed by atoms with Gasteiger partial charge >= 0.3 is 6.18 Å². The summed E-state index contributed by atoms with van der Waals surface area (Å²) in [6.45, 7) is 2.59. The molecule has 2 aliphatic rings. The molecule has 0 spiro atoms. The Bertz CT molecular complexity index is 715. The van der Waals surface area contributed by atoms with Gasteiger partial charge in [0.15, 0.2) is 0 Å². The molecule has 1 saturated carbocycles. The zero-order valence-corrected chi connectivity index (χ0v) is 15.6. The lowest BCUT2D eigenvalue weighted by Gasteiger charge is -2.36. The molecule has 1 aromatic rings. The predicted molar refractivity (Wildman–Crippen MR) is 97.5 cm³/mol. The predicted octanol–water partition coefficient (Wildman–Crippen LogP) is 2.57. The summed E-state index contributed by atoms with van der Waals surface area (Å²) in [6.07, 6.45) is 0.848. The van der Waals surface area contributed by atoms with Gasteiger partial charge in [-0.3, -0.25) is 9.69 Å². The summed E-state index contributed by atoms with van der Waals surface area (Å²) in [5.41, 5.74) is -1.50. The minimum absolute atomic E-state index is 0.149. The van der Waals surface area contributed by atoms with E-state index in [2.05, 4.69) is 16.4 Å². The van der Waals surface area contributed by atoms with Gasteiger partial charge in [0.05, 0.1) is 18.2 Å². The third-order valence-corrected chi connectivity index (χ3v) is 5.44. The van der Waals surface area contributed by atoms with E-state index in [4.69, 9.17) is 0 Å². The molecule has 1 aromatic heterocycles. The number of aromatic nitrogens is 1. The number of nitrogens with zero attached hydrogens (tertiary/aromatic N) is 4. The molecule has 0 aromatic carbocycles. The fourth-order valence-electron chi connectivity index (χ4n) is 3.81. The molecule has 2 heterocycles. The molecule has 28 heavy (non-hydrogen) atoms. The van der Waals surface area contributed by atoms with Crippen LogP contribution in [0.1, 0.15) is 37.7 Å². The molecule has 152 valence electrons. The number of piperazine rings is 1. The third-order valence-electron chi connectivity index (χ3n) is 5.44. The summed E-state index contributed by atoms with van der Waals surface area (Å²) in [4.78, 5) is 20.2. The van der Waals surface area contributed by atoms with E-state index in [1.54, 1.807) is 0 Å². The summed E-state index contributed by atoms with van der Waals surface area (Å²) in [7, 11) is 0. The number of carbonyl (C=O) groups is 1. The van der Waals surface area contributed by atoms with Gasteiger partial charge in [-0.25, -0.2) is 4.98 Å². The number of nitriles is 1. The van der Waals surface area contributed by atoms with Gasteiger partial charge in [0.25, 0.3) is 0 Å². The number of amides is 1. The first kappa shape index (κ1) is 20.4. The average Bonchev–Trinajstić information content (AvgIpc) is 2.68. The summed E-state index contributed by atoms with van der Waals surface area (Å²) in [6, 6.07) is 4.70. The van der Waals surface area contributed by atoms with E-state index in [0.717, 1.165) is 31.5 Å². The lowest BCUT2D eigenvalue weighted by Crippen LogP contribution is -2.54. The van der Waals surface area contributed by atoms with Gasteiger partial charge in [0, 0.05) is 32.4 Å². The molecule has 1 saturated heterocycles. The van der Waals surface area contributed by atoms with Gasteiger partial charge in [0.1, 0.15) is 11.4 Å². The van der Waals surface area contributed by atoms with Gasteiger partial charge in [-0.2, -0.15) is 18.4 Å². The molecule has 0 bridgehead atoms. The number of anilines is 1. The van der Waals surface area contributed by atoms with Gasteiger partial charge in [-0.05, 0) is 25.0 Å². The maximum Gasteiger partial charge on any atom is 0.417 e. The Balaban J connectivity index is 1.49. The van der Waals surface area contributed by atoms with Crippen molar-refractivity contribution in [2.75, 3.05) is 37.6 Å².